The Hall–Kier alpha value is -2.91. The van der Waals surface area contributed by atoms with E-state index in [1.165, 1.54) is 15.2 Å². The number of aromatic nitrogens is 2. The van der Waals surface area contributed by atoms with Crippen LogP contribution in [0.25, 0.3) is 0 Å². The Bertz CT molecular complexity index is 1320. The van der Waals surface area contributed by atoms with Gasteiger partial charge in [0, 0.05) is 37.8 Å². The minimum atomic E-state index is -3.77. The van der Waals surface area contributed by atoms with E-state index in [0.29, 0.717) is 24.0 Å². The van der Waals surface area contributed by atoms with Crippen molar-refractivity contribution < 1.29 is 22.0 Å². The number of sulfonamides is 1. The van der Waals surface area contributed by atoms with E-state index >= 15 is 8.78 Å². The predicted octanol–water partition coefficient (Wildman–Crippen LogP) is 5.13. The van der Waals surface area contributed by atoms with E-state index in [-0.39, 0.29) is 35.9 Å². The number of halogens is 2. The number of benzene rings is 2. The summed E-state index contributed by atoms with van der Waals surface area (Å²) in [5.74, 6) is -2.12. The number of aryl methyl sites for hydroxylation is 1. The second-order valence-electron chi connectivity index (χ2n) is 9.31. The molecule has 6 nitrogen and oxygen atoms in total. The Kier molecular flexibility index (Phi) is 7.19. The molecule has 3 aromatic rings. The van der Waals surface area contributed by atoms with E-state index < -0.39 is 32.8 Å². The molecule has 0 amide bonds. The molecule has 0 saturated carbocycles. The number of nitrogens with zero attached hydrogens (tertiary/aromatic N) is 3. The molecule has 1 fully saturated rings. The molecule has 0 spiro atoms. The molecule has 1 aliphatic heterocycles. The molecular formula is C26H29F2N3O3S. The minimum Gasteiger partial charge on any atom is -0.294 e. The molecule has 0 radical (unpaired) electrons. The van der Waals surface area contributed by atoms with E-state index in [2.05, 4.69) is 5.10 Å². The number of hydrogen-bond donors (Lipinski definition) is 0. The summed E-state index contributed by atoms with van der Waals surface area (Å²) in [7, 11) is -2.08. The molecule has 1 aliphatic rings. The van der Waals surface area contributed by atoms with Crippen molar-refractivity contribution in [1.82, 2.24) is 14.1 Å². The van der Waals surface area contributed by atoms with Gasteiger partial charge in [-0.3, -0.25) is 9.48 Å². The summed E-state index contributed by atoms with van der Waals surface area (Å²) < 4.78 is 59.8. The van der Waals surface area contributed by atoms with Crippen LogP contribution in [-0.4, -0.2) is 34.3 Å². The first-order chi connectivity index (χ1) is 16.6. The van der Waals surface area contributed by atoms with Crippen LogP contribution in [0.1, 0.15) is 71.3 Å². The Morgan fingerprint density at radius 1 is 1.14 bits per heavy atom. The molecule has 1 aromatic heterocycles. The predicted molar refractivity (Wildman–Crippen MR) is 129 cm³/mol. The quantitative estimate of drug-likeness (QED) is 0.421. The zero-order valence-electron chi connectivity index (χ0n) is 20.0. The Labute approximate surface area is 204 Å². The van der Waals surface area contributed by atoms with Crippen LogP contribution in [-0.2, 0) is 23.6 Å². The lowest BCUT2D eigenvalue weighted by atomic mass is 9.92. The van der Waals surface area contributed by atoms with Gasteiger partial charge in [-0.15, -0.1) is 0 Å². The molecule has 4 rings (SSSR count). The number of ketones is 1. The molecule has 0 aliphatic carbocycles. The summed E-state index contributed by atoms with van der Waals surface area (Å²) in [6, 6.07) is 10.8. The van der Waals surface area contributed by atoms with E-state index in [0.717, 1.165) is 12.1 Å². The molecule has 1 unspecified atom stereocenters. The van der Waals surface area contributed by atoms with Gasteiger partial charge in [0.1, 0.15) is 16.9 Å². The molecule has 3 atom stereocenters. The summed E-state index contributed by atoms with van der Waals surface area (Å²) in [5, 5.41) is 3.25. The average Bonchev–Trinajstić information content (AvgIpc) is 3.25. The van der Waals surface area contributed by atoms with E-state index in [1.54, 1.807) is 51.4 Å². The fraction of sp³-hybridized carbons (Fsp3) is 0.385. The highest BCUT2D eigenvalue weighted by atomic mass is 32.2. The summed E-state index contributed by atoms with van der Waals surface area (Å²) in [5.41, 5.74) is 1.16. The lowest BCUT2D eigenvalue weighted by molar-refractivity contribution is 0.0975. The van der Waals surface area contributed by atoms with E-state index in [1.807, 2.05) is 6.07 Å². The SMILES string of the molecule is CC(CC(=O)c1cnn(C)c1)c1cc(F)c(CN2[C@H](C)CC[C@@H](c3ccccc3)S2(=O)=O)cc1F. The van der Waals surface area contributed by atoms with Crippen LogP contribution in [0.2, 0.25) is 0 Å². The lowest BCUT2D eigenvalue weighted by Crippen LogP contribution is -2.44. The standard InChI is InChI=1S/C26H29F2N3O3S/c1-17(11-25(32)21-14-29-30(3)15-21)22-13-23(27)20(12-24(22)28)16-31-18(2)9-10-26(35(31,33)34)19-7-5-4-6-8-19/h4-8,12-15,17-18,26H,9-11,16H2,1-3H3/t17?,18-,26+/m1/s1. The maximum absolute atomic E-state index is 15.1. The van der Waals surface area contributed by atoms with Gasteiger partial charge in [-0.05, 0) is 48.9 Å². The fourth-order valence-corrected chi connectivity index (χ4v) is 6.88. The molecule has 2 heterocycles. The van der Waals surface area contributed by atoms with Crippen LogP contribution < -0.4 is 0 Å². The highest BCUT2D eigenvalue weighted by molar-refractivity contribution is 7.89. The Morgan fingerprint density at radius 2 is 1.86 bits per heavy atom. The normalized spacial score (nSPS) is 21.1. The smallest absolute Gasteiger partial charge is 0.221 e. The van der Waals surface area contributed by atoms with Crippen molar-refractivity contribution in [2.75, 3.05) is 0 Å². The van der Waals surface area contributed by atoms with Crippen molar-refractivity contribution in [2.24, 2.45) is 7.05 Å². The number of rotatable bonds is 7. The van der Waals surface area contributed by atoms with Gasteiger partial charge in [0.2, 0.25) is 10.0 Å². The van der Waals surface area contributed by atoms with Gasteiger partial charge < -0.3 is 0 Å². The maximum Gasteiger partial charge on any atom is 0.221 e. The summed E-state index contributed by atoms with van der Waals surface area (Å²) in [6.07, 6.45) is 4.12. The van der Waals surface area contributed by atoms with Gasteiger partial charge in [0.25, 0.3) is 0 Å². The van der Waals surface area contributed by atoms with Gasteiger partial charge in [0.05, 0.1) is 11.8 Å². The highest BCUT2D eigenvalue weighted by Crippen LogP contribution is 2.38. The second-order valence-corrected chi connectivity index (χ2v) is 11.4. The average molecular weight is 502 g/mol. The van der Waals surface area contributed by atoms with Crippen molar-refractivity contribution in [1.29, 1.82) is 0 Å². The first kappa shape index (κ1) is 25.2. The van der Waals surface area contributed by atoms with Crippen molar-refractivity contribution in [3.8, 4) is 0 Å². The lowest BCUT2D eigenvalue weighted by Gasteiger charge is -2.37. The number of carbonyl (C=O) groups is 1. The van der Waals surface area contributed by atoms with Gasteiger partial charge in [-0.25, -0.2) is 17.2 Å². The van der Waals surface area contributed by atoms with Gasteiger partial charge in [-0.2, -0.15) is 9.40 Å². The molecule has 9 heteroatoms. The third kappa shape index (κ3) is 5.21. The Morgan fingerprint density at radius 3 is 2.51 bits per heavy atom. The molecule has 35 heavy (non-hydrogen) atoms. The van der Waals surface area contributed by atoms with E-state index in [9.17, 15) is 13.2 Å². The van der Waals surface area contributed by atoms with Crippen molar-refractivity contribution in [3.63, 3.8) is 0 Å². The van der Waals surface area contributed by atoms with Crippen molar-refractivity contribution in [2.45, 2.75) is 56.9 Å². The monoisotopic (exact) mass is 501 g/mol. The zero-order chi connectivity index (χ0) is 25.3. The summed E-state index contributed by atoms with van der Waals surface area (Å²) in [6.45, 7) is 3.19. The molecule has 0 N–H and O–H groups in total. The van der Waals surface area contributed by atoms with Crippen LogP contribution in [0.3, 0.4) is 0 Å². The zero-order valence-corrected chi connectivity index (χ0v) is 20.8. The molecule has 186 valence electrons. The topological polar surface area (TPSA) is 72.3 Å². The number of carbonyl (C=O) groups excluding carboxylic acids is 1. The second kappa shape index (κ2) is 9.99. The van der Waals surface area contributed by atoms with Crippen LogP contribution in [0.5, 0.6) is 0 Å². The summed E-state index contributed by atoms with van der Waals surface area (Å²) in [4.78, 5) is 12.5. The molecule has 2 aromatic carbocycles. The first-order valence-electron chi connectivity index (χ1n) is 11.6. The van der Waals surface area contributed by atoms with Crippen molar-refractivity contribution >= 4 is 15.8 Å². The first-order valence-corrected chi connectivity index (χ1v) is 13.1. The van der Waals surface area contributed by atoms with Gasteiger partial charge in [0.15, 0.2) is 5.78 Å². The van der Waals surface area contributed by atoms with Gasteiger partial charge >= 0.3 is 0 Å². The third-order valence-electron chi connectivity index (χ3n) is 6.74. The van der Waals surface area contributed by atoms with Crippen LogP contribution in [0, 0.1) is 11.6 Å². The highest BCUT2D eigenvalue weighted by Gasteiger charge is 2.40. The fourth-order valence-electron chi connectivity index (χ4n) is 4.69. The molecular weight excluding hydrogens is 472 g/mol. The maximum atomic E-state index is 15.1. The Balaban J connectivity index is 1.55. The van der Waals surface area contributed by atoms with Crippen LogP contribution in [0.15, 0.2) is 54.9 Å². The van der Waals surface area contributed by atoms with Crippen LogP contribution >= 0.6 is 0 Å². The van der Waals surface area contributed by atoms with Gasteiger partial charge in [-0.1, -0.05) is 37.3 Å². The largest absolute Gasteiger partial charge is 0.294 e. The summed E-state index contributed by atoms with van der Waals surface area (Å²) >= 11 is 0. The number of Topliss-reactive ketones (excluding diaryl/α,β-unsaturated/α-hetero) is 1. The molecule has 0 bridgehead atoms. The molecule has 1 saturated heterocycles. The van der Waals surface area contributed by atoms with E-state index in [4.69, 9.17) is 0 Å². The third-order valence-corrected chi connectivity index (χ3v) is 9.11. The number of hydrogen-bond acceptors (Lipinski definition) is 4. The van der Waals surface area contributed by atoms with Crippen molar-refractivity contribution in [3.05, 3.63) is 88.7 Å². The van der Waals surface area contributed by atoms with Crippen LogP contribution in [0.4, 0.5) is 8.78 Å². The minimum absolute atomic E-state index is 0.00229.